The first kappa shape index (κ1) is 14.3. The maximum Gasteiger partial charge on any atom is 0.201 e. The van der Waals surface area contributed by atoms with Gasteiger partial charge in [0.15, 0.2) is 11.5 Å². The maximum atomic E-state index is 10.2. The van der Waals surface area contributed by atoms with Gasteiger partial charge in [0.1, 0.15) is 5.75 Å². The van der Waals surface area contributed by atoms with Crippen LogP contribution in [0.4, 0.5) is 0 Å². The average Bonchev–Trinajstić information content (AvgIpc) is 2.55. The van der Waals surface area contributed by atoms with Crippen LogP contribution in [0.1, 0.15) is 13.3 Å². The minimum Gasteiger partial charge on any atom is -0.504 e. The van der Waals surface area contributed by atoms with Gasteiger partial charge in [-0.3, -0.25) is 0 Å². The standard InChI is InChI=1S/C17H17NO4/c1-3-6-22-15-9-14-12(16(19)17(15)20)8-10-7-11(21-2)4-5-13(10)18-14/h4-5,7-9,19-20H,3,6H2,1-2H3. The third kappa shape index (κ3) is 2.35. The molecule has 0 amide bonds. The smallest absolute Gasteiger partial charge is 0.201 e. The fourth-order valence-electron chi connectivity index (χ4n) is 2.35. The molecule has 5 heteroatoms. The summed E-state index contributed by atoms with van der Waals surface area (Å²) in [6.07, 6.45) is 0.809. The molecule has 0 aliphatic heterocycles. The molecule has 0 aliphatic rings. The van der Waals surface area contributed by atoms with Gasteiger partial charge in [-0.05, 0) is 30.7 Å². The van der Waals surface area contributed by atoms with Crippen molar-refractivity contribution < 1.29 is 19.7 Å². The van der Waals surface area contributed by atoms with Crippen LogP contribution in [0.15, 0.2) is 30.3 Å². The van der Waals surface area contributed by atoms with Crippen molar-refractivity contribution in [1.29, 1.82) is 0 Å². The number of pyridine rings is 1. The Bertz CT molecular complexity index is 845. The number of rotatable bonds is 4. The monoisotopic (exact) mass is 299 g/mol. The number of ether oxygens (including phenoxy) is 2. The molecular weight excluding hydrogens is 282 g/mol. The van der Waals surface area contributed by atoms with E-state index in [9.17, 15) is 10.2 Å². The second-order valence-corrected chi connectivity index (χ2v) is 5.03. The minimum atomic E-state index is -0.259. The van der Waals surface area contributed by atoms with E-state index >= 15 is 0 Å². The molecule has 0 atom stereocenters. The molecule has 2 aromatic carbocycles. The van der Waals surface area contributed by atoms with Crippen molar-refractivity contribution in [3.63, 3.8) is 0 Å². The molecule has 0 aliphatic carbocycles. The lowest BCUT2D eigenvalue weighted by Crippen LogP contribution is -1.96. The number of phenols is 2. The Balaban J connectivity index is 2.23. The first-order valence-electron chi connectivity index (χ1n) is 7.10. The summed E-state index contributed by atoms with van der Waals surface area (Å²) in [6.45, 7) is 2.43. The largest absolute Gasteiger partial charge is 0.504 e. The van der Waals surface area contributed by atoms with Crippen molar-refractivity contribution in [1.82, 2.24) is 4.98 Å². The number of aromatic hydroxyl groups is 2. The van der Waals surface area contributed by atoms with Crippen LogP contribution in [0.2, 0.25) is 0 Å². The summed E-state index contributed by atoms with van der Waals surface area (Å²) < 4.78 is 10.6. The van der Waals surface area contributed by atoms with Gasteiger partial charge in [-0.2, -0.15) is 0 Å². The topological polar surface area (TPSA) is 71.8 Å². The molecule has 114 valence electrons. The zero-order valence-electron chi connectivity index (χ0n) is 12.5. The van der Waals surface area contributed by atoms with E-state index in [1.807, 2.05) is 25.1 Å². The van der Waals surface area contributed by atoms with Crippen LogP contribution in [0.25, 0.3) is 21.8 Å². The lowest BCUT2D eigenvalue weighted by molar-refractivity contribution is 0.294. The predicted molar refractivity (Wildman–Crippen MR) is 84.9 cm³/mol. The van der Waals surface area contributed by atoms with E-state index in [2.05, 4.69) is 4.98 Å². The van der Waals surface area contributed by atoms with Crippen LogP contribution in [0, 0.1) is 0 Å². The normalized spacial score (nSPS) is 11.0. The number of fused-ring (bicyclic) bond motifs is 2. The van der Waals surface area contributed by atoms with Crippen molar-refractivity contribution in [3.8, 4) is 23.0 Å². The molecule has 0 bridgehead atoms. The number of hydrogen-bond donors (Lipinski definition) is 2. The summed E-state index contributed by atoms with van der Waals surface area (Å²) in [5.41, 5.74) is 1.35. The third-order valence-corrected chi connectivity index (χ3v) is 3.49. The molecule has 22 heavy (non-hydrogen) atoms. The highest BCUT2D eigenvalue weighted by Crippen LogP contribution is 2.42. The zero-order valence-corrected chi connectivity index (χ0v) is 12.5. The Morgan fingerprint density at radius 2 is 1.86 bits per heavy atom. The van der Waals surface area contributed by atoms with Crippen molar-refractivity contribution in [2.24, 2.45) is 0 Å². The predicted octanol–water partition coefficient (Wildman–Crippen LogP) is 3.60. The maximum absolute atomic E-state index is 10.2. The van der Waals surface area contributed by atoms with Gasteiger partial charge < -0.3 is 19.7 Å². The summed E-state index contributed by atoms with van der Waals surface area (Å²) in [6, 6.07) is 8.93. The molecule has 0 spiro atoms. The molecule has 0 saturated carbocycles. The first-order valence-corrected chi connectivity index (χ1v) is 7.10. The Morgan fingerprint density at radius 1 is 1.05 bits per heavy atom. The van der Waals surface area contributed by atoms with E-state index in [1.54, 1.807) is 19.2 Å². The number of aromatic nitrogens is 1. The van der Waals surface area contributed by atoms with Gasteiger partial charge in [-0.25, -0.2) is 4.98 Å². The van der Waals surface area contributed by atoms with Crippen molar-refractivity contribution in [2.45, 2.75) is 13.3 Å². The molecule has 5 nitrogen and oxygen atoms in total. The third-order valence-electron chi connectivity index (χ3n) is 3.49. The number of hydrogen-bond acceptors (Lipinski definition) is 5. The molecule has 1 aromatic heterocycles. The van der Waals surface area contributed by atoms with Gasteiger partial charge >= 0.3 is 0 Å². The van der Waals surface area contributed by atoms with Crippen LogP contribution in [-0.2, 0) is 0 Å². The van der Waals surface area contributed by atoms with Crippen LogP contribution >= 0.6 is 0 Å². The lowest BCUT2D eigenvalue weighted by Gasteiger charge is -2.11. The Hall–Kier alpha value is -2.69. The molecule has 0 radical (unpaired) electrons. The number of benzene rings is 2. The molecule has 3 rings (SSSR count). The molecular formula is C17H17NO4. The summed E-state index contributed by atoms with van der Waals surface area (Å²) in [4.78, 5) is 4.52. The van der Waals surface area contributed by atoms with E-state index in [-0.39, 0.29) is 17.2 Å². The summed E-state index contributed by atoms with van der Waals surface area (Å²) in [5.74, 6) is 0.471. The Kier molecular flexibility index (Phi) is 3.63. The van der Waals surface area contributed by atoms with Gasteiger partial charge in [0.2, 0.25) is 5.75 Å². The van der Waals surface area contributed by atoms with Gasteiger partial charge in [-0.1, -0.05) is 6.92 Å². The van der Waals surface area contributed by atoms with E-state index in [0.717, 1.165) is 17.3 Å². The second-order valence-electron chi connectivity index (χ2n) is 5.03. The van der Waals surface area contributed by atoms with Crippen LogP contribution in [-0.4, -0.2) is 28.9 Å². The quantitative estimate of drug-likeness (QED) is 0.569. The fourth-order valence-corrected chi connectivity index (χ4v) is 2.35. The van der Waals surface area contributed by atoms with E-state index in [4.69, 9.17) is 9.47 Å². The molecule has 0 unspecified atom stereocenters. The molecule has 0 saturated heterocycles. The van der Waals surface area contributed by atoms with Crippen molar-refractivity contribution in [2.75, 3.05) is 13.7 Å². The molecule has 0 fully saturated rings. The van der Waals surface area contributed by atoms with Crippen molar-refractivity contribution in [3.05, 3.63) is 30.3 Å². The van der Waals surface area contributed by atoms with Gasteiger partial charge in [-0.15, -0.1) is 0 Å². The van der Waals surface area contributed by atoms with Crippen LogP contribution in [0.5, 0.6) is 23.0 Å². The molecule has 3 aromatic rings. The SMILES string of the molecule is CCCOc1cc2nc3ccc(OC)cc3cc2c(O)c1O. The first-order chi connectivity index (χ1) is 10.6. The number of phenolic OH excluding ortho intramolecular Hbond substituents is 2. The summed E-state index contributed by atoms with van der Waals surface area (Å²) in [5, 5.41) is 21.6. The fraction of sp³-hybridized carbons (Fsp3) is 0.235. The second kappa shape index (κ2) is 5.60. The molecule has 1 heterocycles. The van der Waals surface area contributed by atoms with Gasteiger partial charge in [0, 0.05) is 16.8 Å². The summed E-state index contributed by atoms with van der Waals surface area (Å²) in [7, 11) is 1.59. The molecule has 2 N–H and O–H groups in total. The van der Waals surface area contributed by atoms with E-state index in [0.29, 0.717) is 23.3 Å². The Labute approximate surface area is 127 Å². The highest BCUT2D eigenvalue weighted by Gasteiger charge is 2.15. The van der Waals surface area contributed by atoms with E-state index in [1.165, 1.54) is 0 Å². The van der Waals surface area contributed by atoms with Gasteiger partial charge in [0.05, 0.1) is 24.8 Å². The average molecular weight is 299 g/mol. The Morgan fingerprint density at radius 3 is 2.59 bits per heavy atom. The number of methoxy groups -OCH3 is 1. The van der Waals surface area contributed by atoms with Crippen LogP contribution < -0.4 is 9.47 Å². The zero-order chi connectivity index (χ0) is 15.7. The van der Waals surface area contributed by atoms with Gasteiger partial charge in [0.25, 0.3) is 0 Å². The highest BCUT2D eigenvalue weighted by molar-refractivity contribution is 5.98. The number of nitrogens with zero attached hydrogens (tertiary/aromatic N) is 1. The summed E-state index contributed by atoms with van der Waals surface area (Å²) >= 11 is 0. The highest BCUT2D eigenvalue weighted by atomic mass is 16.5. The van der Waals surface area contributed by atoms with E-state index < -0.39 is 0 Å². The van der Waals surface area contributed by atoms with Crippen molar-refractivity contribution >= 4 is 21.8 Å². The minimum absolute atomic E-state index is 0.221. The lowest BCUT2D eigenvalue weighted by atomic mass is 10.1. The van der Waals surface area contributed by atoms with Crippen LogP contribution in [0.3, 0.4) is 0 Å².